The van der Waals surface area contributed by atoms with E-state index in [0.29, 0.717) is 18.7 Å². The number of carbonyl (C=O) groups excluding carboxylic acids is 2. The van der Waals surface area contributed by atoms with Gasteiger partial charge in [-0.05, 0) is 43.9 Å². The quantitative estimate of drug-likeness (QED) is 0.543. The van der Waals surface area contributed by atoms with Crippen molar-refractivity contribution in [1.29, 1.82) is 0 Å². The number of sulfonamides is 1. The highest BCUT2D eigenvalue weighted by Crippen LogP contribution is 2.24. The zero-order chi connectivity index (χ0) is 24.6. The molecule has 0 radical (unpaired) electrons. The fourth-order valence-electron chi connectivity index (χ4n) is 3.63. The molecule has 1 atom stereocenters. The van der Waals surface area contributed by atoms with E-state index in [9.17, 15) is 18.0 Å². The Morgan fingerprint density at radius 1 is 1.06 bits per heavy atom. The maximum absolute atomic E-state index is 13.5. The van der Waals surface area contributed by atoms with E-state index in [2.05, 4.69) is 5.32 Å². The van der Waals surface area contributed by atoms with E-state index in [1.165, 1.54) is 4.90 Å². The smallest absolute Gasteiger partial charge is 0.244 e. The first-order chi connectivity index (χ1) is 15.6. The van der Waals surface area contributed by atoms with Gasteiger partial charge in [0.05, 0.1) is 11.9 Å². The van der Waals surface area contributed by atoms with Gasteiger partial charge in [0.25, 0.3) is 0 Å². The lowest BCUT2D eigenvalue weighted by Crippen LogP contribution is -2.51. The van der Waals surface area contributed by atoms with Gasteiger partial charge < -0.3 is 10.2 Å². The highest BCUT2D eigenvalue weighted by molar-refractivity contribution is 7.92. The predicted octanol–water partition coefficient (Wildman–Crippen LogP) is 3.27. The lowest BCUT2D eigenvalue weighted by molar-refractivity contribution is -0.139. The van der Waals surface area contributed by atoms with Gasteiger partial charge in [0.2, 0.25) is 21.8 Å². The number of anilines is 1. The highest BCUT2D eigenvalue weighted by Gasteiger charge is 2.30. The molecule has 2 aromatic rings. The Bertz CT molecular complexity index is 1070. The van der Waals surface area contributed by atoms with E-state index in [1.54, 1.807) is 19.1 Å². The van der Waals surface area contributed by atoms with Gasteiger partial charge >= 0.3 is 0 Å². The van der Waals surface area contributed by atoms with Crippen molar-refractivity contribution >= 4 is 27.5 Å². The topological polar surface area (TPSA) is 86.8 Å². The van der Waals surface area contributed by atoms with Gasteiger partial charge in [0, 0.05) is 13.1 Å². The second kappa shape index (κ2) is 11.8. The van der Waals surface area contributed by atoms with E-state index >= 15 is 0 Å². The molecule has 2 rings (SSSR count). The van der Waals surface area contributed by atoms with Crippen LogP contribution in [0.5, 0.6) is 0 Å². The van der Waals surface area contributed by atoms with E-state index in [1.807, 2.05) is 57.2 Å². The zero-order valence-corrected chi connectivity index (χ0v) is 21.0. The summed E-state index contributed by atoms with van der Waals surface area (Å²) in [6.07, 6.45) is 2.49. The van der Waals surface area contributed by atoms with Crippen molar-refractivity contribution in [3.8, 4) is 0 Å². The molecule has 0 spiro atoms. The Morgan fingerprint density at radius 2 is 1.76 bits per heavy atom. The van der Waals surface area contributed by atoms with Crippen LogP contribution in [0.2, 0.25) is 0 Å². The second-order valence-corrected chi connectivity index (χ2v) is 10.1. The molecular formula is C25H35N3O4S. The molecule has 33 heavy (non-hydrogen) atoms. The van der Waals surface area contributed by atoms with E-state index in [-0.39, 0.29) is 19.0 Å². The van der Waals surface area contributed by atoms with Gasteiger partial charge in [-0.3, -0.25) is 13.9 Å². The standard InChI is InChI=1S/C25H35N3O4S/c1-6-15-26-25(30)20(4)27(17-21-12-10-11-19(3)16-21)24(29)18-28(33(5,31)32)23-14-9-8-13-22(23)7-2/h8-14,16,20H,6-7,15,17-18H2,1-5H3,(H,26,30)/t20-/m0/s1. The largest absolute Gasteiger partial charge is 0.354 e. The molecule has 0 unspecified atom stereocenters. The number of hydrogen-bond donors (Lipinski definition) is 1. The van der Waals surface area contributed by atoms with Crippen LogP contribution in [0.15, 0.2) is 48.5 Å². The van der Waals surface area contributed by atoms with Gasteiger partial charge in [0.1, 0.15) is 12.6 Å². The van der Waals surface area contributed by atoms with Crippen molar-refractivity contribution in [1.82, 2.24) is 10.2 Å². The lowest BCUT2D eigenvalue weighted by atomic mass is 10.1. The molecule has 180 valence electrons. The first kappa shape index (κ1) is 26.4. The van der Waals surface area contributed by atoms with Crippen LogP contribution in [0.3, 0.4) is 0 Å². The molecule has 8 heteroatoms. The monoisotopic (exact) mass is 473 g/mol. The summed E-state index contributed by atoms with van der Waals surface area (Å²) in [4.78, 5) is 27.7. The summed E-state index contributed by atoms with van der Waals surface area (Å²) in [6, 6.07) is 14.1. The molecule has 0 aromatic heterocycles. The lowest BCUT2D eigenvalue weighted by Gasteiger charge is -2.32. The highest BCUT2D eigenvalue weighted by atomic mass is 32.2. The third kappa shape index (κ3) is 7.32. The molecule has 0 aliphatic rings. The van der Waals surface area contributed by atoms with Crippen LogP contribution < -0.4 is 9.62 Å². The summed E-state index contributed by atoms with van der Waals surface area (Å²) in [7, 11) is -3.73. The summed E-state index contributed by atoms with van der Waals surface area (Å²) in [5, 5.41) is 2.83. The number of nitrogens with zero attached hydrogens (tertiary/aromatic N) is 2. The fourth-order valence-corrected chi connectivity index (χ4v) is 4.51. The molecular weight excluding hydrogens is 438 g/mol. The second-order valence-electron chi connectivity index (χ2n) is 8.23. The van der Waals surface area contributed by atoms with E-state index in [4.69, 9.17) is 0 Å². The van der Waals surface area contributed by atoms with Gasteiger partial charge in [-0.2, -0.15) is 0 Å². The normalized spacial score (nSPS) is 12.2. The van der Waals surface area contributed by atoms with Gasteiger partial charge in [-0.25, -0.2) is 8.42 Å². The first-order valence-corrected chi connectivity index (χ1v) is 13.1. The molecule has 1 N–H and O–H groups in total. The minimum Gasteiger partial charge on any atom is -0.354 e. The Morgan fingerprint density at radius 3 is 2.36 bits per heavy atom. The molecule has 0 heterocycles. The number of para-hydroxylation sites is 1. The average Bonchev–Trinajstić information content (AvgIpc) is 2.78. The van der Waals surface area contributed by atoms with Crippen LogP contribution in [0.25, 0.3) is 0 Å². The van der Waals surface area contributed by atoms with Crippen molar-refractivity contribution in [2.24, 2.45) is 0 Å². The van der Waals surface area contributed by atoms with Crippen LogP contribution in [0.1, 0.15) is 43.9 Å². The molecule has 0 aliphatic carbocycles. The van der Waals surface area contributed by atoms with Crippen molar-refractivity contribution in [3.05, 3.63) is 65.2 Å². The molecule has 2 amide bonds. The van der Waals surface area contributed by atoms with E-state index in [0.717, 1.165) is 33.7 Å². The average molecular weight is 474 g/mol. The third-order valence-electron chi connectivity index (χ3n) is 5.47. The number of carbonyl (C=O) groups is 2. The molecule has 0 aliphatic heterocycles. The number of hydrogen-bond acceptors (Lipinski definition) is 4. The molecule has 2 aromatic carbocycles. The maximum Gasteiger partial charge on any atom is 0.244 e. The molecule has 0 saturated carbocycles. The number of aryl methyl sites for hydroxylation is 2. The number of benzene rings is 2. The van der Waals surface area contributed by atoms with Crippen molar-refractivity contribution < 1.29 is 18.0 Å². The maximum atomic E-state index is 13.5. The Balaban J connectivity index is 2.41. The molecule has 0 bridgehead atoms. The fraction of sp³-hybridized carbons (Fsp3) is 0.440. The van der Waals surface area contributed by atoms with Crippen LogP contribution in [-0.4, -0.2) is 50.5 Å². The molecule has 0 fully saturated rings. The summed E-state index contributed by atoms with van der Waals surface area (Å²) < 4.78 is 26.5. The summed E-state index contributed by atoms with van der Waals surface area (Å²) in [5.41, 5.74) is 3.22. The predicted molar refractivity (Wildman–Crippen MR) is 133 cm³/mol. The number of nitrogens with one attached hydrogen (secondary N) is 1. The Labute approximate surface area is 197 Å². The summed E-state index contributed by atoms with van der Waals surface area (Å²) in [6.45, 7) is 7.85. The Kier molecular flexibility index (Phi) is 9.46. The van der Waals surface area contributed by atoms with Gasteiger partial charge in [0.15, 0.2) is 0 Å². The van der Waals surface area contributed by atoms with Crippen molar-refractivity contribution in [3.63, 3.8) is 0 Å². The summed E-state index contributed by atoms with van der Waals surface area (Å²) in [5.74, 6) is -0.704. The van der Waals surface area contributed by atoms with Gasteiger partial charge in [-0.15, -0.1) is 0 Å². The zero-order valence-electron chi connectivity index (χ0n) is 20.2. The Hall–Kier alpha value is -2.87. The molecule has 7 nitrogen and oxygen atoms in total. The third-order valence-corrected chi connectivity index (χ3v) is 6.60. The van der Waals surface area contributed by atoms with Gasteiger partial charge in [-0.1, -0.05) is 61.9 Å². The number of rotatable bonds is 11. The van der Waals surface area contributed by atoms with Crippen molar-refractivity contribution in [2.45, 2.75) is 53.1 Å². The van der Waals surface area contributed by atoms with E-state index < -0.39 is 22.0 Å². The van der Waals surface area contributed by atoms with Crippen LogP contribution in [-0.2, 0) is 32.6 Å². The van der Waals surface area contributed by atoms with Crippen LogP contribution in [0.4, 0.5) is 5.69 Å². The van der Waals surface area contributed by atoms with Crippen LogP contribution in [0, 0.1) is 6.92 Å². The minimum atomic E-state index is -3.73. The van der Waals surface area contributed by atoms with Crippen molar-refractivity contribution in [2.75, 3.05) is 23.7 Å². The minimum absolute atomic E-state index is 0.203. The SMILES string of the molecule is CCCNC(=O)[C@H](C)N(Cc1cccc(C)c1)C(=O)CN(c1ccccc1CC)S(C)(=O)=O. The summed E-state index contributed by atoms with van der Waals surface area (Å²) >= 11 is 0. The van der Waals surface area contributed by atoms with Crippen LogP contribution >= 0.6 is 0 Å². The number of amides is 2. The first-order valence-electron chi connectivity index (χ1n) is 11.3. The molecule has 0 saturated heterocycles.